The Hall–Kier alpha value is -3.66. The Kier molecular flexibility index (Phi) is 5.09. The summed E-state index contributed by atoms with van der Waals surface area (Å²) in [5.74, 6) is 2.31. The summed E-state index contributed by atoms with van der Waals surface area (Å²) in [4.78, 5) is 13.8. The van der Waals surface area contributed by atoms with Crippen molar-refractivity contribution in [2.45, 2.75) is 43.9 Å². The minimum absolute atomic E-state index is 0.0403. The van der Waals surface area contributed by atoms with Gasteiger partial charge in [-0.05, 0) is 91.7 Å². The predicted molar refractivity (Wildman–Crippen MR) is 143 cm³/mol. The minimum Gasteiger partial charge on any atom is -0.322 e. The van der Waals surface area contributed by atoms with E-state index in [1.54, 1.807) is 0 Å². The van der Waals surface area contributed by atoms with Gasteiger partial charge in [0.2, 0.25) is 0 Å². The molecule has 4 fully saturated rings. The van der Waals surface area contributed by atoms with Gasteiger partial charge in [0, 0.05) is 17.3 Å². The molecule has 4 aliphatic rings. The number of aromatic nitrogens is 2. The maximum absolute atomic E-state index is 13.8. The van der Waals surface area contributed by atoms with E-state index in [2.05, 4.69) is 41.7 Å². The Morgan fingerprint density at radius 2 is 1.31 bits per heavy atom. The summed E-state index contributed by atoms with van der Waals surface area (Å²) in [5, 5.41) is 8.32. The van der Waals surface area contributed by atoms with Crippen molar-refractivity contribution in [1.82, 2.24) is 9.78 Å². The van der Waals surface area contributed by atoms with E-state index in [0.717, 1.165) is 45.9 Å². The molecule has 4 saturated carbocycles. The average molecular weight is 474 g/mol. The topological polar surface area (TPSA) is 46.9 Å². The molecule has 3 aromatic carbocycles. The Labute approximate surface area is 212 Å². The van der Waals surface area contributed by atoms with E-state index in [4.69, 9.17) is 5.10 Å². The molecule has 0 saturated heterocycles. The number of hydrogen-bond acceptors (Lipinski definition) is 2. The van der Waals surface area contributed by atoms with E-state index < -0.39 is 0 Å². The first-order chi connectivity index (χ1) is 17.6. The van der Waals surface area contributed by atoms with E-state index in [0.29, 0.717) is 0 Å². The fourth-order valence-electron chi connectivity index (χ4n) is 7.62. The van der Waals surface area contributed by atoms with Gasteiger partial charge in [0.05, 0.1) is 16.9 Å². The van der Waals surface area contributed by atoms with E-state index in [9.17, 15) is 4.79 Å². The van der Waals surface area contributed by atoms with Crippen LogP contribution in [0.3, 0.4) is 0 Å². The van der Waals surface area contributed by atoms with Crippen molar-refractivity contribution in [2.75, 3.05) is 5.32 Å². The van der Waals surface area contributed by atoms with Crippen LogP contribution >= 0.6 is 0 Å². The van der Waals surface area contributed by atoms with Crippen LogP contribution in [0.25, 0.3) is 16.8 Å². The van der Waals surface area contributed by atoms with E-state index in [1.165, 1.54) is 44.1 Å². The number of hydrogen-bond donors (Lipinski definition) is 1. The summed E-state index contributed by atoms with van der Waals surface area (Å²) in [7, 11) is 0. The standard InChI is InChI=1S/C32H31N3O/c36-31(33-27-13-11-26(12-14-27)25-7-3-1-4-8-25)29-21-35(28-9-5-2-6-10-28)34-30(29)32-18-22-15-23(19-32)17-24(16-22)20-32/h1-14,21-24H,15-20H2,(H,33,36). The van der Waals surface area contributed by atoms with Crippen LogP contribution in [-0.2, 0) is 5.41 Å². The lowest BCUT2D eigenvalue weighted by molar-refractivity contribution is -0.00765. The normalized spacial score (nSPS) is 26.2. The highest BCUT2D eigenvalue weighted by Gasteiger charge is 2.53. The quantitative estimate of drug-likeness (QED) is 0.332. The summed E-state index contributed by atoms with van der Waals surface area (Å²) in [5.41, 5.74) is 5.90. The molecule has 36 heavy (non-hydrogen) atoms. The van der Waals surface area contributed by atoms with Crippen LogP contribution in [0.4, 0.5) is 5.69 Å². The van der Waals surface area contributed by atoms with Gasteiger partial charge < -0.3 is 5.32 Å². The van der Waals surface area contributed by atoms with Gasteiger partial charge in [-0.1, -0.05) is 60.7 Å². The molecule has 4 bridgehead atoms. The van der Waals surface area contributed by atoms with Crippen molar-refractivity contribution in [3.05, 3.63) is 102 Å². The zero-order valence-corrected chi connectivity index (χ0v) is 20.4. The number of anilines is 1. The van der Waals surface area contributed by atoms with Crippen molar-refractivity contribution in [3.63, 3.8) is 0 Å². The highest BCUT2D eigenvalue weighted by Crippen LogP contribution is 2.60. The summed E-state index contributed by atoms with van der Waals surface area (Å²) < 4.78 is 1.92. The molecule has 1 heterocycles. The Morgan fingerprint density at radius 1 is 0.750 bits per heavy atom. The van der Waals surface area contributed by atoms with Crippen molar-refractivity contribution in [2.24, 2.45) is 17.8 Å². The number of rotatable bonds is 5. The minimum atomic E-state index is -0.0598. The molecule has 1 amide bonds. The van der Waals surface area contributed by atoms with Crippen molar-refractivity contribution < 1.29 is 4.79 Å². The molecule has 8 rings (SSSR count). The molecule has 4 heteroatoms. The second-order valence-corrected chi connectivity index (χ2v) is 11.3. The predicted octanol–water partition coefficient (Wildman–Crippen LogP) is 7.26. The molecule has 0 radical (unpaired) electrons. The molecule has 0 unspecified atom stereocenters. The van der Waals surface area contributed by atoms with Gasteiger partial charge in [-0.25, -0.2) is 4.68 Å². The Morgan fingerprint density at radius 3 is 1.92 bits per heavy atom. The Balaban J connectivity index is 1.23. The van der Waals surface area contributed by atoms with Crippen LogP contribution in [0, 0.1) is 17.8 Å². The van der Waals surface area contributed by atoms with Crippen molar-refractivity contribution in [1.29, 1.82) is 0 Å². The number of nitrogens with zero attached hydrogens (tertiary/aromatic N) is 2. The second kappa shape index (κ2) is 8.48. The molecular formula is C32H31N3O. The van der Waals surface area contributed by atoms with Crippen LogP contribution < -0.4 is 5.32 Å². The van der Waals surface area contributed by atoms with Crippen LogP contribution in [-0.4, -0.2) is 15.7 Å². The fraction of sp³-hybridized carbons (Fsp3) is 0.312. The molecule has 180 valence electrons. The molecule has 4 aliphatic carbocycles. The van der Waals surface area contributed by atoms with Gasteiger partial charge in [-0.15, -0.1) is 0 Å². The van der Waals surface area contributed by atoms with Crippen molar-refractivity contribution in [3.8, 4) is 16.8 Å². The fourth-order valence-corrected chi connectivity index (χ4v) is 7.62. The van der Waals surface area contributed by atoms with Crippen molar-refractivity contribution >= 4 is 11.6 Å². The molecule has 0 atom stereocenters. The third-order valence-electron chi connectivity index (χ3n) is 8.77. The number of benzene rings is 3. The molecule has 4 aromatic rings. The summed E-state index contributed by atoms with van der Waals surface area (Å²) in [6.07, 6.45) is 9.59. The lowest BCUT2D eigenvalue weighted by Gasteiger charge is -2.56. The first-order valence-corrected chi connectivity index (χ1v) is 13.3. The first-order valence-electron chi connectivity index (χ1n) is 13.3. The number of carbonyl (C=O) groups is 1. The van der Waals surface area contributed by atoms with Gasteiger partial charge in [0.15, 0.2) is 0 Å². The molecule has 1 N–H and O–H groups in total. The van der Waals surface area contributed by atoms with Gasteiger partial charge >= 0.3 is 0 Å². The zero-order chi connectivity index (χ0) is 24.1. The molecule has 0 spiro atoms. The maximum Gasteiger partial charge on any atom is 0.259 e. The SMILES string of the molecule is O=C(Nc1ccc(-c2ccccc2)cc1)c1cn(-c2ccccc2)nc1C12CC3CC(CC(C3)C1)C2. The average Bonchev–Trinajstić information content (AvgIpc) is 3.37. The van der Waals surface area contributed by atoms with Crippen LogP contribution in [0.15, 0.2) is 91.1 Å². The zero-order valence-electron chi connectivity index (χ0n) is 20.4. The molecule has 4 nitrogen and oxygen atoms in total. The summed E-state index contributed by atoms with van der Waals surface area (Å²) in [6, 6.07) is 28.6. The van der Waals surface area contributed by atoms with Gasteiger partial charge in [0.25, 0.3) is 5.91 Å². The number of para-hydroxylation sites is 1. The van der Waals surface area contributed by atoms with E-state index in [1.807, 2.05) is 59.4 Å². The first kappa shape index (κ1) is 21.6. The number of nitrogens with one attached hydrogen (secondary N) is 1. The van der Waals surface area contributed by atoms with Gasteiger partial charge in [0.1, 0.15) is 0 Å². The highest BCUT2D eigenvalue weighted by molar-refractivity contribution is 6.05. The molecule has 1 aromatic heterocycles. The van der Waals surface area contributed by atoms with Gasteiger partial charge in [-0.2, -0.15) is 5.10 Å². The third kappa shape index (κ3) is 3.76. The summed E-state index contributed by atoms with van der Waals surface area (Å²) in [6.45, 7) is 0. The molecular weight excluding hydrogens is 442 g/mol. The summed E-state index contributed by atoms with van der Waals surface area (Å²) >= 11 is 0. The lowest BCUT2D eigenvalue weighted by atomic mass is 9.48. The highest BCUT2D eigenvalue weighted by atomic mass is 16.1. The monoisotopic (exact) mass is 473 g/mol. The van der Waals surface area contributed by atoms with Crippen LogP contribution in [0.1, 0.15) is 54.6 Å². The van der Waals surface area contributed by atoms with E-state index >= 15 is 0 Å². The Bertz CT molecular complexity index is 1350. The number of amides is 1. The third-order valence-corrected chi connectivity index (χ3v) is 8.77. The molecule has 0 aliphatic heterocycles. The largest absolute Gasteiger partial charge is 0.322 e. The van der Waals surface area contributed by atoms with Gasteiger partial charge in [-0.3, -0.25) is 4.79 Å². The smallest absolute Gasteiger partial charge is 0.259 e. The van der Waals surface area contributed by atoms with Crippen LogP contribution in [0.2, 0.25) is 0 Å². The van der Waals surface area contributed by atoms with E-state index in [-0.39, 0.29) is 11.3 Å². The number of carbonyl (C=O) groups excluding carboxylic acids is 1. The maximum atomic E-state index is 13.8. The van der Waals surface area contributed by atoms with Crippen LogP contribution in [0.5, 0.6) is 0 Å². The lowest BCUT2D eigenvalue weighted by Crippen LogP contribution is -2.49. The second-order valence-electron chi connectivity index (χ2n) is 11.3.